The van der Waals surface area contributed by atoms with E-state index in [4.69, 9.17) is 4.74 Å². The Hall–Kier alpha value is -3.53. The number of nitrogens with one attached hydrogen (secondary N) is 2. The van der Waals surface area contributed by atoms with E-state index < -0.39 is 6.09 Å². The van der Waals surface area contributed by atoms with E-state index in [2.05, 4.69) is 16.4 Å². The quantitative estimate of drug-likeness (QED) is 0.488. The van der Waals surface area contributed by atoms with Crippen molar-refractivity contribution in [1.82, 2.24) is 10.3 Å². The smallest absolute Gasteiger partial charge is 0.408 e. The molecule has 1 aromatic heterocycles. The van der Waals surface area contributed by atoms with Gasteiger partial charge in [-0.2, -0.15) is 0 Å². The molecule has 0 bridgehead atoms. The van der Waals surface area contributed by atoms with Gasteiger partial charge in [0.1, 0.15) is 6.61 Å². The Balaban J connectivity index is 1.60. The maximum Gasteiger partial charge on any atom is 0.408 e. The van der Waals surface area contributed by atoms with E-state index in [9.17, 15) is 4.79 Å². The first-order valence-electron chi connectivity index (χ1n) is 9.30. The first kappa shape index (κ1) is 17.9. The van der Waals surface area contributed by atoms with Gasteiger partial charge in [-0.3, -0.25) is 0 Å². The molecule has 1 heterocycles. The third-order valence-corrected chi connectivity index (χ3v) is 4.82. The summed E-state index contributed by atoms with van der Waals surface area (Å²) in [4.78, 5) is 15.8. The number of para-hydroxylation sites is 1. The highest BCUT2D eigenvalue weighted by Gasteiger charge is 2.21. The minimum Gasteiger partial charge on any atom is -0.445 e. The van der Waals surface area contributed by atoms with Crippen molar-refractivity contribution in [1.29, 1.82) is 0 Å². The standard InChI is InChI=1S/C24H22N2O2/c1-17-11-13-19(14-12-17)23(21-15-25-22-10-6-5-9-20(21)22)26-24(27)28-16-18-7-3-2-4-8-18/h2-15,23,25H,16H2,1H3,(H,26,27). The molecule has 1 amide bonds. The lowest BCUT2D eigenvalue weighted by atomic mass is 9.97. The number of ether oxygens (including phenoxy) is 1. The van der Waals surface area contributed by atoms with Gasteiger partial charge in [0.25, 0.3) is 0 Å². The molecule has 1 atom stereocenters. The Bertz CT molecular complexity index is 1070. The molecule has 1 unspecified atom stereocenters. The van der Waals surface area contributed by atoms with Crippen molar-refractivity contribution in [3.8, 4) is 0 Å². The van der Waals surface area contributed by atoms with Crippen LogP contribution in [0.3, 0.4) is 0 Å². The van der Waals surface area contributed by atoms with Gasteiger partial charge in [0, 0.05) is 22.7 Å². The second-order valence-electron chi connectivity index (χ2n) is 6.84. The summed E-state index contributed by atoms with van der Waals surface area (Å²) in [5.74, 6) is 0. The van der Waals surface area contributed by atoms with Gasteiger partial charge < -0.3 is 15.0 Å². The molecule has 4 aromatic rings. The third kappa shape index (κ3) is 3.91. The van der Waals surface area contributed by atoms with Crippen molar-refractivity contribution >= 4 is 17.0 Å². The number of fused-ring (bicyclic) bond motifs is 1. The highest BCUT2D eigenvalue weighted by Crippen LogP contribution is 2.29. The van der Waals surface area contributed by atoms with E-state index in [0.717, 1.165) is 27.6 Å². The predicted molar refractivity (Wildman–Crippen MR) is 111 cm³/mol. The summed E-state index contributed by atoms with van der Waals surface area (Å²) in [6.07, 6.45) is 1.51. The predicted octanol–water partition coefficient (Wildman–Crippen LogP) is 5.49. The van der Waals surface area contributed by atoms with Crippen LogP contribution in [0.5, 0.6) is 0 Å². The number of aromatic nitrogens is 1. The zero-order valence-electron chi connectivity index (χ0n) is 15.7. The minimum absolute atomic E-state index is 0.237. The molecule has 0 aliphatic rings. The molecule has 0 saturated heterocycles. The second kappa shape index (κ2) is 8.01. The van der Waals surface area contributed by atoms with Gasteiger partial charge in [-0.1, -0.05) is 78.4 Å². The normalized spacial score (nSPS) is 11.9. The molecule has 28 heavy (non-hydrogen) atoms. The lowest BCUT2D eigenvalue weighted by Crippen LogP contribution is -2.29. The maximum absolute atomic E-state index is 12.6. The zero-order chi connectivity index (χ0) is 19.3. The molecule has 0 aliphatic heterocycles. The van der Waals surface area contributed by atoms with Crippen LogP contribution in [0.15, 0.2) is 85.1 Å². The molecular formula is C24H22N2O2. The van der Waals surface area contributed by atoms with Gasteiger partial charge in [0.2, 0.25) is 0 Å². The largest absolute Gasteiger partial charge is 0.445 e. The lowest BCUT2D eigenvalue weighted by molar-refractivity contribution is 0.137. The van der Waals surface area contributed by atoms with Crippen molar-refractivity contribution < 1.29 is 9.53 Å². The number of carbonyl (C=O) groups excluding carboxylic acids is 1. The number of aromatic amines is 1. The Morgan fingerprint density at radius 2 is 1.68 bits per heavy atom. The van der Waals surface area contributed by atoms with Crippen molar-refractivity contribution in [2.45, 2.75) is 19.6 Å². The summed E-state index contributed by atoms with van der Waals surface area (Å²) in [6, 6.07) is 25.6. The van der Waals surface area contributed by atoms with Crippen LogP contribution in [-0.2, 0) is 11.3 Å². The number of carbonyl (C=O) groups is 1. The van der Waals surface area contributed by atoms with E-state index in [-0.39, 0.29) is 12.6 Å². The van der Waals surface area contributed by atoms with E-state index >= 15 is 0 Å². The highest BCUT2D eigenvalue weighted by atomic mass is 16.5. The van der Waals surface area contributed by atoms with Crippen LogP contribution in [0.4, 0.5) is 4.79 Å². The molecule has 0 spiro atoms. The van der Waals surface area contributed by atoms with Crippen LogP contribution in [-0.4, -0.2) is 11.1 Å². The number of benzene rings is 3. The first-order valence-corrected chi connectivity index (χ1v) is 9.30. The second-order valence-corrected chi connectivity index (χ2v) is 6.84. The van der Waals surface area contributed by atoms with Crippen LogP contribution >= 0.6 is 0 Å². The number of alkyl carbamates (subject to hydrolysis) is 1. The maximum atomic E-state index is 12.6. The van der Waals surface area contributed by atoms with Crippen LogP contribution in [0.1, 0.15) is 28.3 Å². The van der Waals surface area contributed by atoms with Crippen molar-refractivity contribution in [3.63, 3.8) is 0 Å². The molecule has 4 heteroatoms. The topological polar surface area (TPSA) is 54.1 Å². The van der Waals surface area contributed by atoms with E-state index in [1.165, 1.54) is 5.56 Å². The van der Waals surface area contributed by atoms with Crippen LogP contribution < -0.4 is 5.32 Å². The zero-order valence-corrected chi connectivity index (χ0v) is 15.7. The summed E-state index contributed by atoms with van der Waals surface area (Å²) < 4.78 is 5.45. The molecule has 2 N–H and O–H groups in total. The van der Waals surface area contributed by atoms with E-state index in [0.29, 0.717) is 0 Å². The molecule has 140 valence electrons. The van der Waals surface area contributed by atoms with Crippen molar-refractivity contribution in [2.24, 2.45) is 0 Å². The fraction of sp³-hybridized carbons (Fsp3) is 0.125. The average molecular weight is 370 g/mol. The Kier molecular flexibility index (Phi) is 5.11. The number of hydrogen-bond donors (Lipinski definition) is 2. The van der Waals surface area contributed by atoms with Crippen LogP contribution in [0, 0.1) is 6.92 Å². The van der Waals surface area contributed by atoms with Crippen molar-refractivity contribution in [2.75, 3.05) is 0 Å². The minimum atomic E-state index is -0.445. The van der Waals surface area contributed by atoms with Crippen molar-refractivity contribution in [3.05, 3.63) is 107 Å². The first-order chi connectivity index (χ1) is 13.7. The van der Waals surface area contributed by atoms with Gasteiger partial charge >= 0.3 is 6.09 Å². The summed E-state index contributed by atoms with van der Waals surface area (Å²) in [5.41, 5.74) is 5.18. The lowest BCUT2D eigenvalue weighted by Gasteiger charge is -2.19. The third-order valence-electron chi connectivity index (χ3n) is 4.82. The summed E-state index contributed by atoms with van der Waals surface area (Å²) in [7, 11) is 0. The number of hydrogen-bond acceptors (Lipinski definition) is 2. The molecule has 0 saturated carbocycles. The summed E-state index contributed by atoms with van der Waals surface area (Å²) >= 11 is 0. The van der Waals surface area contributed by atoms with Gasteiger partial charge in [-0.15, -0.1) is 0 Å². The SMILES string of the molecule is Cc1ccc(C(NC(=O)OCc2ccccc2)c2c[nH]c3ccccc23)cc1. The monoisotopic (exact) mass is 370 g/mol. The van der Waals surface area contributed by atoms with E-state index in [1.54, 1.807) is 0 Å². The summed E-state index contributed by atoms with van der Waals surface area (Å²) in [6.45, 7) is 2.28. The molecule has 4 nitrogen and oxygen atoms in total. The molecule has 3 aromatic carbocycles. The fourth-order valence-corrected chi connectivity index (χ4v) is 3.31. The van der Waals surface area contributed by atoms with Crippen LogP contribution in [0.25, 0.3) is 10.9 Å². The number of H-pyrrole nitrogens is 1. The van der Waals surface area contributed by atoms with Gasteiger partial charge in [-0.25, -0.2) is 4.79 Å². The molecule has 4 rings (SSSR count). The van der Waals surface area contributed by atoms with Gasteiger partial charge in [0.05, 0.1) is 6.04 Å². The van der Waals surface area contributed by atoms with Gasteiger partial charge in [-0.05, 0) is 24.1 Å². The number of amides is 1. The molecule has 0 aliphatic carbocycles. The Morgan fingerprint density at radius 1 is 0.964 bits per heavy atom. The highest BCUT2D eigenvalue weighted by molar-refractivity contribution is 5.84. The Morgan fingerprint density at radius 3 is 2.46 bits per heavy atom. The molecular weight excluding hydrogens is 348 g/mol. The molecule has 0 radical (unpaired) electrons. The summed E-state index contributed by atoms with van der Waals surface area (Å²) in [5, 5.41) is 4.12. The van der Waals surface area contributed by atoms with Gasteiger partial charge in [0.15, 0.2) is 0 Å². The molecule has 0 fully saturated rings. The average Bonchev–Trinajstić information content (AvgIpc) is 3.16. The van der Waals surface area contributed by atoms with Crippen LogP contribution in [0.2, 0.25) is 0 Å². The fourth-order valence-electron chi connectivity index (χ4n) is 3.31. The number of aryl methyl sites for hydroxylation is 1. The van der Waals surface area contributed by atoms with E-state index in [1.807, 2.05) is 85.9 Å². The number of rotatable bonds is 5. The Labute approximate surface area is 164 Å².